The molecule has 1 aromatic carbocycles. The van der Waals surface area contributed by atoms with Crippen LogP contribution in [0.1, 0.15) is 22.0 Å². The van der Waals surface area contributed by atoms with E-state index in [1.165, 1.54) is 17.4 Å². The molecule has 1 atom stereocenters. The van der Waals surface area contributed by atoms with E-state index in [9.17, 15) is 17.6 Å². The van der Waals surface area contributed by atoms with Crippen LogP contribution >= 0.6 is 23.7 Å². The summed E-state index contributed by atoms with van der Waals surface area (Å²) in [5.41, 5.74) is 4.90. The van der Waals surface area contributed by atoms with Gasteiger partial charge in [-0.25, -0.2) is 4.39 Å². The molecule has 0 unspecified atom stereocenters. The van der Waals surface area contributed by atoms with Gasteiger partial charge >= 0.3 is 6.18 Å². The first-order valence-corrected chi connectivity index (χ1v) is 5.93. The van der Waals surface area contributed by atoms with Crippen molar-refractivity contribution in [3.8, 4) is 0 Å². The maximum absolute atomic E-state index is 13.4. The van der Waals surface area contributed by atoms with Crippen LogP contribution in [0.2, 0.25) is 0 Å². The van der Waals surface area contributed by atoms with E-state index in [1.807, 2.05) is 0 Å². The molecule has 1 nitrogen and oxygen atoms in total. The Hall–Kier alpha value is -1.11. The lowest BCUT2D eigenvalue weighted by molar-refractivity contribution is -0.140. The van der Waals surface area contributed by atoms with Crippen LogP contribution in [-0.2, 0) is 6.18 Å². The van der Waals surface area contributed by atoms with Gasteiger partial charge in [-0.2, -0.15) is 13.2 Å². The Morgan fingerprint density at radius 3 is 2.32 bits per heavy atom. The second-order valence-corrected chi connectivity index (χ2v) is 4.71. The van der Waals surface area contributed by atoms with E-state index in [1.54, 1.807) is 17.5 Å². The molecule has 0 aliphatic heterocycles. The molecule has 0 amide bonds. The lowest BCUT2D eigenvalue weighted by Crippen LogP contribution is -2.13. The predicted octanol–water partition coefficient (Wildman–Crippen LogP) is 4.38. The van der Waals surface area contributed by atoms with Gasteiger partial charge in [-0.1, -0.05) is 12.1 Å². The highest BCUT2D eigenvalue weighted by Gasteiger charge is 2.34. The topological polar surface area (TPSA) is 26.0 Å². The van der Waals surface area contributed by atoms with Crippen molar-refractivity contribution in [3.05, 3.63) is 57.5 Å². The van der Waals surface area contributed by atoms with Gasteiger partial charge in [0.05, 0.1) is 11.6 Å². The average molecular weight is 312 g/mol. The van der Waals surface area contributed by atoms with E-state index < -0.39 is 23.6 Å². The summed E-state index contributed by atoms with van der Waals surface area (Å²) in [6, 6.07) is 5.69. The van der Waals surface area contributed by atoms with Crippen LogP contribution in [-0.4, -0.2) is 0 Å². The van der Waals surface area contributed by atoms with Crippen LogP contribution in [0.5, 0.6) is 0 Å². The van der Waals surface area contributed by atoms with Crippen LogP contribution in [0, 0.1) is 5.82 Å². The van der Waals surface area contributed by atoms with Gasteiger partial charge in [-0.15, -0.1) is 23.7 Å². The minimum atomic E-state index is -4.68. The highest BCUT2D eigenvalue weighted by Crippen LogP contribution is 2.33. The molecule has 0 spiro atoms. The third kappa shape index (κ3) is 3.46. The van der Waals surface area contributed by atoms with Crippen LogP contribution in [0.25, 0.3) is 0 Å². The average Bonchev–Trinajstić information content (AvgIpc) is 2.79. The monoisotopic (exact) mass is 311 g/mol. The Morgan fingerprint density at radius 2 is 1.84 bits per heavy atom. The number of alkyl halides is 3. The van der Waals surface area contributed by atoms with Gasteiger partial charge in [0, 0.05) is 4.88 Å². The quantitative estimate of drug-likeness (QED) is 0.819. The maximum atomic E-state index is 13.4. The van der Waals surface area contributed by atoms with Gasteiger partial charge < -0.3 is 5.73 Å². The van der Waals surface area contributed by atoms with Crippen molar-refractivity contribution in [3.63, 3.8) is 0 Å². The Kier molecular flexibility index (Phi) is 4.95. The Labute approximate surface area is 117 Å². The summed E-state index contributed by atoms with van der Waals surface area (Å²) in [6.07, 6.45) is -4.68. The molecule has 0 saturated heterocycles. The molecule has 1 heterocycles. The number of benzene rings is 1. The zero-order chi connectivity index (χ0) is 13.3. The van der Waals surface area contributed by atoms with Crippen molar-refractivity contribution < 1.29 is 17.6 Å². The summed E-state index contributed by atoms with van der Waals surface area (Å²) in [4.78, 5) is 0.772. The SMILES string of the molecule is Cl.N[C@H](c1ccc(C(F)(F)F)c(F)c1)c1cccs1. The number of halogens is 5. The molecule has 2 N–H and O–H groups in total. The molecule has 19 heavy (non-hydrogen) atoms. The fourth-order valence-electron chi connectivity index (χ4n) is 1.59. The second kappa shape index (κ2) is 5.90. The van der Waals surface area contributed by atoms with Gasteiger partial charge in [-0.3, -0.25) is 0 Å². The number of nitrogens with two attached hydrogens (primary N) is 1. The third-order valence-corrected chi connectivity index (χ3v) is 3.46. The summed E-state index contributed by atoms with van der Waals surface area (Å²) in [7, 11) is 0. The van der Waals surface area contributed by atoms with Crippen LogP contribution < -0.4 is 5.73 Å². The molecular weight excluding hydrogens is 302 g/mol. The van der Waals surface area contributed by atoms with Crippen LogP contribution in [0.4, 0.5) is 17.6 Å². The summed E-state index contributed by atoms with van der Waals surface area (Å²) in [5.74, 6) is -1.30. The highest BCUT2D eigenvalue weighted by molar-refractivity contribution is 7.10. The Bertz CT molecular complexity index is 539. The van der Waals surface area contributed by atoms with Gasteiger partial charge in [0.25, 0.3) is 0 Å². The van der Waals surface area contributed by atoms with Gasteiger partial charge in [-0.05, 0) is 29.1 Å². The zero-order valence-corrected chi connectivity index (χ0v) is 11.1. The van der Waals surface area contributed by atoms with Gasteiger partial charge in [0.2, 0.25) is 0 Å². The fraction of sp³-hybridized carbons (Fsp3) is 0.167. The van der Waals surface area contributed by atoms with E-state index in [4.69, 9.17) is 5.73 Å². The predicted molar refractivity (Wildman–Crippen MR) is 69.0 cm³/mol. The second-order valence-electron chi connectivity index (χ2n) is 3.73. The highest BCUT2D eigenvalue weighted by atomic mass is 35.5. The summed E-state index contributed by atoms with van der Waals surface area (Å²) >= 11 is 1.37. The molecule has 0 aliphatic rings. The van der Waals surface area contributed by atoms with Crippen LogP contribution in [0.3, 0.4) is 0 Å². The molecule has 7 heteroatoms. The van der Waals surface area contributed by atoms with Crippen molar-refractivity contribution in [2.45, 2.75) is 12.2 Å². The van der Waals surface area contributed by atoms with Crippen molar-refractivity contribution in [1.82, 2.24) is 0 Å². The molecular formula is C12H10ClF4NS. The standard InChI is InChI=1S/C12H9F4NS.ClH/c13-9-6-7(3-4-8(9)12(14,15)16)11(17)10-2-1-5-18-10;/h1-6,11H,17H2;1H/t11-;/m1./s1. The first-order valence-electron chi connectivity index (χ1n) is 5.05. The van der Waals surface area contributed by atoms with Crippen molar-refractivity contribution in [2.75, 3.05) is 0 Å². The van der Waals surface area contributed by atoms with Crippen molar-refractivity contribution in [1.29, 1.82) is 0 Å². The number of hydrogen-bond acceptors (Lipinski definition) is 2. The fourth-order valence-corrected chi connectivity index (χ4v) is 2.34. The van der Waals surface area contributed by atoms with Crippen molar-refractivity contribution in [2.24, 2.45) is 5.73 Å². The third-order valence-electron chi connectivity index (χ3n) is 2.51. The maximum Gasteiger partial charge on any atom is 0.419 e. The smallest absolute Gasteiger partial charge is 0.320 e. The Balaban J connectivity index is 0.00000180. The molecule has 0 saturated carbocycles. The first-order chi connectivity index (χ1) is 8.39. The lowest BCUT2D eigenvalue weighted by Gasteiger charge is -2.13. The minimum Gasteiger partial charge on any atom is -0.320 e. The lowest BCUT2D eigenvalue weighted by atomic mass is 10.0. The molecule has 0 fully saturated rings. The summed E-state index contributed by atoms with van der Waals surface area (Å²) < 4.78 is 50.5. The van der Waals surface area contributed by atoms with Gasteiger partial charge in [0.1, 0.15) is 5.82 Å². The van der Waals surface area contributed by atoms with Crippen LogP contribution in [0.15, 0.2) is 35.7 Å². The zero-order valence-electron chi connectivity index (χ0n) is 9.45. The molecule has 2 rings (SSSR count). The normalized spacial score (nSPS) is 12.9. The number of thiophene rings is 1. The van der Waals surface area contributed by atoms with Crippen molar-refractivity contribution >= 4 is 23.7 Å². The van der Waals surface area contributed by atoms with E-state index in [0.29, 0.717) is 5.56 Å². The Morgan fingerprint density at radius 1 is 1.16 bits per heavy atom. The van der Waals surface area contributed by atoms with Gasteiger partial charge in [0.15, 0.2) is 0 Å². The minimum absolute atomic E-state index is 0. The first kappa shape index (κ1) is 15.9. The molecule has 0 bridgehead atoms. The number of hydrogen-bond donors (Lipinski definition) is 1. The summed E-state index contributed by atoms with van der Waals surface area (Å²) in [5, 5.41) is 1.80. The molecule has 2 aromatic rings. The van der Waals surface area contributed by atoms with E-state index in [-0.39, 0.29) is 12.4 Å². The summed E-state index contributed by atoms with van der Waals surface area (Å²) in [6.45, 7) is 0. The molecule has 0 aliphatic carbocycles. The molecule has 104 valence electrons. The molecule has 0 radical (unpaired) electrons. The van der Waals surface area contributed by atoms with E-state index in [0.717, 1.165) is 17.0 Å². The van der Waals surface area contributed by atoms with E-state index >= 15 is 0 Å². The number of rotatable bonds is 2. The van der Waals surface area contributed by atoms with E-state index in [2.05, 4.69) is 0 Å². The molecule has 1 aromatic heterocycles. The largest absolute Gasteiger partial charge is 0.419 e.